The molecule has 3 heterocycles. The van der Waals surface area contributed by atoms with E-state index in [0.29, 0.717) is 36.9 Å². The second kappa shape index (κ2) is 7.09. The first kappa shape index (κ1) is 22.5. The maximum absolute atomic E-state index is 13.9. The highest BCUT2D eigenvalue weighted by molar-refractivity contribution is 5.88. The molecule has 2 amide bonds. The van der Waals surface area contributed by atoms with Crippen LogP contribution in [0.4, 0.5) is 18.0 Å². The van der Waals surface area contributed by atoms with Crippen molar-refractivity contribution in [2.75, 3.05) is 0 Å². The fourth-order valence-electron chi connectivity index (χ4n) is 6.96. The number of alkyl halides is 3. The van der Waals surface area contributed by atoms with Crippen LogP contribution in [0.1, 0.15) is 76.1 Å². The van der Waals surface area contributed by atoms with Crippen LogP contribution in [-0.2, 0) is 28.7 Å². The summed E-state index contributed by atoms with van der Waals surface area (Å²) < 4.78 is 45.1. The van der Waals surface area contributed by atoms with Gasteiger partial charge in [0.2, 0.25) is 5.91 Å². The number of carbonyl (C=O) groups is 2. The Bertz CT molecular complexity index is 1000. The standard InChI is InChI=1S/C24H30F3N3O3/c1-21(2,3)33-20(32)29-16-6-8-22(10-16)18-5-4-7-23(18)11-17-14(13-30(23)19(22)31)9-15(12-28-17)24(25,26)27/h9,12,16,18H,4-8,10-11,13H2,1-3H3,(H,29,32)/t16-,18?,22+,23?/m1/s1. The van der Waals surface area contributed by atoms with Crippen molar-refractivity contribution in [3.05, 3.63) is 29.1 Å². The fourth-order valence-corrected chi connectivity index (χ4v) is 6.96. The normalized spacial score (nSPS) is 33.2. The highest BCUT2D eigenvalue weighted by Crippen LogP contribution is 2.64. The number of ether oxygens (including phenoxy) is 1. The third-order valence-corrected chi connectivity index (χ3v) is 8.09. The van der Waals surface area contributed by atoms with Gasteiger partial charge in [0, 0.05) is 30.9 Å². The van der Waals surface area contributed by atoms with Crippen LogP contribution in [0.25, 0.3) is 0 Å². The van der Waals surface area contributed by atoms with Gasteiger partial charge >= 0.3 is 12.3 Å². The lowest BCUT2D eigenvalue weighted by molar-refractivity contribution is -0.139. The number of nitrogens with zero attached hydrogens (tertiary/aromatic N) is 2. The first-order valence-electron chi connectivity index (χ1n) is 11.7. The number of alkyl carbamates (subject to hydrolysis) is 1. The minimum atomic E-state index is -4.46. The summed E-state index contributed by atoms with van der Waals surface area (Å²) in [5.74, 6) is 0.156. The third-order valence-electron chi connectivity index (χ3n) is 8.09. The van der Waals surface area contributed by atoms with E-state index in [1.165, 1.54) is 0 Å². The van der Waals surface area contributed by atoms with Gasteiger partial charge in [-0.3, -0.25) is 9.78 Å². The molecule has 180 valence electrons. The molecule has 2 spiro atoms. The summed E-state index contributed by atoms with van der Waals surface area (Å²) in [7, 11) is 0. The van der Waals surface area contributed by atoms with Gasteiger partial charge in [-0.15, -0.1) is 0 Å². The van der Waals surface area contributed by atoms with Crippen LogP contribution in [0.3, 0.4) is 0 Å². The molecule has 0 bridgehead atoms. The van der Waals surface area contributed by atoms with E-state index in [1.807, 2.05) is 4.90 Å². The quantitative estimate of drug-likeness (QED) is 0.658. The van der Waals surface area contributed by atoms with Crippen molar-refractivity contribution in [3.63, 3.8) is 0 Å². The molecule has 2 aliphatic carbocycles. The van der Waals surface area contributed by atoms with Gasteiger partial charge < -0.3 is 15.0 Å². The first-order chi connectivity index (χ1) is 15.3. The van der Waals surface area contributed by atoms with E-state index < -0.39 is 28.8 Å². The summed E-state index contributed by atoms with van der Waals surface area (Å²) >= 11 is 0. The lowest BCUT2D eigenvalue weighted by Crippen LogP contribution is -2.51. The minimum absolute atomic E-state index is 0.0313. The highest BCUT2D eigenvalue weighted by Gasteiger charge is 2.69. The predicted molar refractivity (Wildman–Crippen MR) is 113 cm³/mol. The molecule has 0 radical (unpaired) electrons. The maximum Gasteiger partial charge on any atom is 0.417 e. The van der Waals surface area contributed by atoms with E-state index in [9.17, 15) is 22.8 Å². The number of hydrogen-bond donors (Lipinski definition) is 1. The van der Waals surface area contributed by atoms with Crippen LogP contribution in [0.2, 0.25) is 0 Å². The number of rotatable bonds is 1. The van der Waals surface area contributed by atoms with Crippen LogP contribution in [0, 0.1) is 11.3 Å². The molecule has 5 rings (SSSR count). The molecule has 33 heavy (non-hydrogen) atoms. The summed E-state index contributed by atoms with van der Waals surface area (Å²) in [6.07, 6.45) is 1.12. The van der Waals surface area contributed by atoms with Gasteiger partial charge in [-0.05, 0) is 70.4 Å². The Labute approximate surface area is 191 Å². The Hall–Kier alpha value is -2.32. The smallest absolute Gasteiger partial charge is 0.417 e. The number of carbonyl (C=O) groups excluding carboxylic acids is 2. The van der Waals surface area contributed by atoms with Crippen molar-refractivity contribution in [2.45, 2.75) is 95.6 Å². The summed E-state index contributed by atoms with van der Waals surface area (Å²) in [6.45, 7) is 5.59. The van der Waals surface area contributed by atoms with Crippen LogP contribution in [-0.4, -0.2) is 39.1 Å². The van der Waals surface area contributed by atoms with Crippen molar-refractivity contribution >= 4 is 12.0 Å². The Kier molecular flexibility index (Phi) is 4.83. The highest BCUT2D eigenvalue weighted by atomic mass is 19.4. The largest absolute Gasteiger partial charge is 0.444 e. The van der Waals surface area contributed by atoms with Crippen molar-refractivity contribution in [1.82, 2.24) is 15.2 Å². The molecule has 2 saturated carbocycles. The van der Waals surface area contributed by atoms with E-state index >= 15 is 0 Å². The van der Waals surface area contributed by atoms with Crippen molar-refractivity contribution in [2.24, 2.45) is 11.3 Å². The average molecular weight is 466 g/mol. The minimum Gasteiger partial charge on any atom is -0.444 e. The molecule has 6 nitrogen and oxygen atoms in total. The van der Waals surface area contributed by atoms with Gasteiger partial charge in [0.25, 0.3) is 0 Å². The molecule has 4 aliphatic rings. The van der Waals surface area contributed by atoms with E-state index in [-0.39, 0.29) is 30.0 Å². The lowest BCUT2D eigenvalue weighted by atomic mass is 9.68. The Morgan fingerprint density at radius 3 is 2.70 bits per heavy atom. The molecular formula is C24H30F3N3O3. The number of halogens is 3. The molecule has 2 aliphatic heterocycles. The van der Waals surface area contributed by atoms with Gasteiger partial charge in [-0.1, -0.05) is 6.42 Å². The number of pyridine rings is 1. The van der Waals surface area contributed by atoms with E-state index in [4.69, 9.17) is 4.74 Å². The van der Waals surface area contributed by atoms with Gasteiger partial charge in [0.1, 0.15) is 5.60 Å². The Balaban J connectivity index is 1.41. The van der Waals surface area contributed by atoms with Crippen LogP contribution < -0.4 is 5.32 Å². The lowest BCUT2D eigenvalue weighted by Gasteiger charge is -2.43. The van der Waals surface area contributed by atoms with E-state index in [2.05, 4.69) is 10.3 Å². The van der Waals surface area contributed by atoms with Gasteiger partial charge in [0.05, 0.1) is 16.5 Å². The van der Waals surface area contributed by atoms with Gasteiger partial charge in [-0.2, -0.15) is 13.2 Å². The van der Waals surface area contributed by atoms with E-state index in [1.54, 1.807) is 20.8 Å². The second-order valence-corrected chi connectivity index (χ2v) is 11.2. The first-order valence-corrected chi connectivity index (χ1v) is 11.7. The van der Waals surface area contributed by atoms with Crippen molar-refractivity contribution in [3.8, 4) is 0 Å². The number of amides is 2. The zero-order chi connectivity index (χ0) is 23.8. The fraction of sp³-hybridized carbons (Fsp3) is 0.708. The number of aromatic nitrogens is 1. The van der Waals surface area contributed by atoms with Crippen molar-refractivity contribution in [1.29, 1.82) is 0 Å². The Morgan fingerprint density at radius 1 is 1.24 bits per heavy atom. The summed E-state index contributed by atoms with van der Waals surface area (Å²) in [5, 5.41) is 2.94. The second-order valence-electron chi connectivity index (χ2n) is 11.2. The molecule has 1 aromatic rings. The SMILES string of the molecule is CC(C)(C)OC(=O)N[C@@H]1CC[C@@]2(C1)C(=O)N1Cc3cc(C(F)(F)F)cnc3CC13CCCC32. The Morgan fingerprint density at radius 2 is 2.00 bits per heavy atom. The summed E-state index contributed by atoms with van der Waals surface area (Å²) in [4.78, 5) is 32.2. The van der Waals surface area contributed by atoms with Crippen LogP contribution in [0.15, 0.2) is 12.3 Å². The number of nitrogens with one attached hydrogen (secondary N) is 1. The van der Waals surface area contributed by atoms with Crippen molar-refractivity contribution < 1.29 is 27.5 Å². The number of fused-ring (bicyclic) bond motifs is 2. The molecule has 9 heteroatoms. The molecule has 0 aromatic carbocycles. The van der Waals surface area contributed by atoms with Gasteiger partial charge in [-0.25, -0.2) is 4.79 Å². The topological polar surface area (TPSA) is 71.5 Å². The maximum atomic E-state index is 13.9. The molecule has 3 fully saturated rings. The molecule has 1 N–H and O–H groups in total. The number of hydrogen-bond acceptors (Lipinski definition) is 4. The average Bonchev–Trinajstić information content (AvgIpc) is 3.33. The zero-order valence-corrected chi connectivity index (χ0v) is 19.2. The van der Waals surface area contributed by atoms with E-state index in [0.717, 1.165) is 31.5 Å². The van der Waals surface area contributed by atoms with Crippen LogP contribution in [0.5, 0.6) is 0 Å². The molecule has 4 atom stereocenters. The molecule has 1 aromatic heterocycles. The third kappa shape index (κ3) is 3.49. The molecular weight excluding hydrogens is 435 g/mol. The zero-order valence-electron chi connectivity index (χ0n) is 19.2. The summed E-state index contributed by atoms with van der Waals surface area (Å²) in [5.41, 5.74) is -1.16. The molecule has 2 unspecified atom stereocenters. The summed E-state index contributed by atoms with van der Waals surface area (Å²) in [6, 6.07) is 0.999. The monoisotopic (exact) mass is 465 g/mol. The van der Waals surface area contributed by atoms with Gasteiger partial charge in [0.15, 0.2) is 0 Å². The molecule has 1 saturated heterocycles. The predicted octanol–water partition coefficient (Wildman–Crippen LogP) is 4.60. The van der Waals surface area contributed by atoms with Crippen LogP contribution >= 0.6 is 0 Å².